The van der Waals surface area contributed by atoms with Crippen molar-refractivity contribution in [1.82, 2.24) is 9.78 Å². The number of benzene rings is 2. The van der Waals surface area contributed by atoms with Gasteiger partial charge in [-0.05, 0) is 49.6 Å². The van der Waals surface area contributed by atoms with Crippen LogP contribution in [0.2, 0.25) is 0 Å². The van der Waals surface area contributed by atoms with Crippen LogP contribution in [-0.2, 0) is 4.79 Å². The van der Waals surface area contributed by atoms with Gasteiger partial charge in [0.25, 0.3) is 0 Å². The van der Waals surface area contributed by atoms with Gasteiger partial charge in [0.05, 0.1) is 29.7 Å². The first-order valence-electron chi connectivity index (χ1n) is 10.5. The number of aromatic nitrogens is 2. The largest absolute Gasteiger partial charge is 0.419 e. The van der Waals surface area contributed by atoms with E-state index in [0.717, 1.165) is 24.0 Å². The van der Waals surface area contributed by atoms with Crippen LogP contribution in [0.15, 0.2) is 60.9 Å². The molecule has 7 heteroatoms. The van der Waals surface area contributed by atoms with Gasteiger partial charge in [-0.2, -0.15) is 5.10 Å². The molecule has 0 N–H and O–H groups in total. The average Bonchev–Trinajstić information content (AvgIpc) is 3.49. The molecule has 2 amide bonds. The van der Waals surface area contributed by atoms with Gasteiger partial charge in [0, 0.05) is 25.2 Å². The summed E-state index contributed by atoms with van der Waals surface area (Å²) < 4.78 is 7.61. The summed E-state index contributed by atoms with van der Waals surface area (Å²) in [6.45, 7) is 3.83. The molecule has 1 aliphatic carbocycles. The Morgan fingerprint density at radius 1 is 1.03 bits per heavy atom. The summed E-state index contributed by atoms with van der Waals surface area (Å²) in [6, 6.07) is 15.2. The number of para-hydroxylation sites is 1. The first-order valence-corrected chi connectivity index (χ1v) is 10.5. The van der Waals surface area contributed by atoms with Crippen molar-refractivity contribution >= 4 is 23.4 Å². The second-order valence-electron chi connectivity index (χ2n) is 8.17. The third-order valence-corrected chi connectivity index (χ3v) is 5.78. The maximum atomic E-state index is 13.1. The number of fused-ring (bicyclic) bond motifs is 1. The molecule has 1 saturated carbocycles. The molecule has 7 nitrogen and oxygen atoms in total. The van der Waals surface area contributed by atoms with Crippen molar-refractivity contribution in [3.05, 3.63) is 60.9 Å². The maximum absolute atomic E-state index is 13.1. The zero-order chi connectivity index (χ0) is 21.5. The minimum Gasteiger partial charge on any atom is -0.410 e. The minimum atomic E-state index is -0.465. The van der Waals surface area contributed by atoms with Gasteiger partial charge in [-0.1, -0.05) is 24.3 Å². The molecule has 2 aliphatic rings. The van der Waals surface area contributed by atoms with E-state index in [9.17, 15) is 9.59 Å². The molecule has 1 atom stereocenters. The summed E-state index contributed by atoms with van der Waals surface area (Å²) in [4.78, 5) is 28.8. The van der Waals surface area contributed by atoms with Gasteiger partial charge in [0.15, 0.2) is 0 Å². The number of carbonyl (C=O) groups is 2. The number of anilines is 2. The highest BCUT2D eigenvalue weighted by molar-refractivity contribution is 6.03. The Hall–Kier alpha value is -3.61. The number of ether oxygens (including phenoxy) is 1. The van der Waals surface area contributed by atoms with Crippen LogP contribution in [0.1, 0.15) is 32.7 Å². The molecule has 2 heterocycles. The highest BCUT2D eigenvalue weighted by atomic mass is 16.6. The summed E-state index contributed by atoms with van der Waals surface area (Å²) >= 11 is 0. The van der Waals surface area contributed by atoms with E-state index >= 15 is 0 Å². The maximum Gasteiger partial charge on any atom is 0.419 e. The fourth-order valence-electron chi connectivity index (χ4n) is 4.13. The average molecular weight is 416 g/mol. The fraction of sp³-hybridized carbons (Fsp3) is 0.292. The van der Waals surface area contributed by atoms with Crippen LogP contribution in [0.5, 0.6) is 5.75 Å². The van der Waals surface area contributed by atoms with Gasteiger partial charge in [0.1, 0.15) is 5.75 Å². The summed E-state index contributed by atoms with van der Waals surface area (Å²) in [6.07, 6.45) is 5.75. The van der Waals surface area contributed by atoms with Crippen molar-refractivity contribution in [3.8, 4) is 16.9 Å². The molecule has 0 radical (unpaired) electrons. The summed E-state index contributed by atoms with van der Waals surface area (Å²) in [5.74, 6) is 0.427. The molecule has 0 bridgehead atoms. The zero-order valence-electron chi connectivity index (χ0n) is 17.6. The number of hydrogen-bond donors (Lipinski definition) is 0. The van der Waals surface area contributed by atoms with Crippen molar-refractivity contribution in [3.63, 3.8) is 0 Å². The van der Waals surface area contributed by atoms with Gasteiger partial charge >= 0.3 is 6.09 Å². The van der Waals surface area contributed by atoms with E-state index in [1.54, 1.807) is 28.9 Å². The van der Waals surface area contributed by atoms with Crippen LogP contribution in [0.25, 0.3) is 11.1 Å². The van der Waals surface area contributed by atoms with Crippen LogP contribution in [0, 0.1) is 0 Å². The van der Waals surface area contributed by atoms with Crippen LogP contribution >= 0.6 is 0 Å². The normalized spacial score (nSPS) is 17.9. The quantitative estimate of drug-likeness (QED) is 0.624. The number of nitrogens with zero attached hydrogens (tertiary/aromatic N) is 4. The second-order valence-corrected chi connectivity index (χ2v) is 8.17. The Morgan fingerprint density at radius 3 is 2.52 bits per heavy atom. The third-order valence-electron chi connectivity index (χ3n) is 5.78. The molecule has 158 valence electrons. The standard InChI is InChI=1S/C24H24N4O3/c1-16-14-26(24(30)31-21-6-4-3-5-7-21)23-12-18(8-11-22(23)28(16)17(2)29)19-13-25-27(15-19)20-9-10-20/h3-8,11-13,15-16,20H,9-10,14H2,1-2H3/t16-/m0/s1. The van der Waals surface area contributed by atoms with Gasteiger partial charge in [-0.25, -0.2) is 4.79 Å². The summed E-state index contributed by atoms with van der Waals surface area (Å²) in [7, 11) is 0. The Labute approximate surface area is 180 Å². The number of hydrogen-bond acceptors (Lipinski definition) is 4. The Morgan fingerprint density at radius 2 is 1.81 bits per heavy atom. The second kappa shape index (κ2) is 7.58. The minimum absolute atomic E-state index is 0.0564. The summed E-state index contributed by atoms with van der Waals surface area (Å²) in [5, 5.41) is 4.48. The number of rotatable bonds is 3. The van der Waals surface area contributed by atoms with Gasteiger partial charge in [-0.3, -0.25) is 14.4 Å². The van der Waals surface area contributed by atoms with Crippen molar-refractivity contribution in [1.29, 1.82) is 0 Å². The third kappa shape index (κ3) is 3.67. The predicted octanol–water partition coefficient (Wildman–Crippen LogP) is 4.65. The molecule has 5 rings (SSSR count). The summed E-state index contributed by atoms with van der Waals surface area (Å²) in [5.41, 5.74) is 3.29. The Balaban J connectivity index is 1.53. The van der Waals surface area contributed by atoms with E-state index in [1.165, 1.54) is 0 Å². The van der Waals surface area contributed by atoms with Gasteiger partial charge in [-0.15, -0.1) is 0 Å². The van der Waals surface area contributed by atoms with E-state index in [-0.39, 0.29) is 11.9 Å². The van der Waals surface area contributed by atoms with E-state index in [0.29, 0.717) is 29.7 Å². The molecular formula is C24H24N4O3. The van der Waals surface area contributed by atoms with Crippen LogP contribution in [0.3, 0.4) is 0 Å². The van der Waals surface area contributed by atoms with Crippen LogP contribution in [-0.4, -0.2) is 34.4 Å². The molecule has 2 aromatic carbocycles. The Bertz CT molecular complexity index is 1140. The molecule has 1 fully saturated rings. The van der Waals surface area contributed by atoms with Crippen LogP contribution in [0.4, 0.5) is 16.2 Å². The Kier molecular flexibility index (Phi) is 4.73. The van der Waals surface area contributed by atoms with Gasteiger partial charge in [0.2, 0.25) is 5.91 Å². The van der Waals surface area contributed by atoms with E-state index in [1.807, 2.05) is 60.4 Å². The monoisotopic (exact) mass is 416 g/mol. The lowest BCUT2D eigenvalue weighted by molar-refractivity contribution is -0.117. The van der Waals surface area contributed by atoms with Crippen molar-refractivity contribution in [2.45, 2.75) is 38.8 Å². The SMILES string of the molecule is CC(=O)N1c2ccc(-c3cnn(C4CC4)c3)cc2N(C(=O)Oc2ccccc2)C[C@@H]1C. The number of amides is 2. The van der Waals surface area contributed by atoms with Gasteiger partial charge < -0.3 is 9.64 Å². The van der Waals surface area contributed by atoms with Crippen molar-refractivity contribution in [2.75, 3.05) is 16.3 Å². The number of carbonyl (C=O) groups excluding carboxylic acids is 2. The first-order chi connectivity index (χ1) is 15.0. The molecule has 1 aliphatic heterocycles. The van der Waals surface area contributed by atoms with Crippen molar-refractivity contribution in [2.24, 2.45) is 0 Å². The lowest BCUT2D eigenvalue weighted by Crippen LogP contribution is -2.52. The fourth-order valence-corrected chi connectivity index (χ4v) is 4.13. The van der Waals surface area contributed by atoms with Crippen molar-refractivity contribution < 1.29 is 14.3 Å². The smallest absolute Gasteiger partial charge is 0.410 e. The highest BCUT2D eigenvalue weighted by Crippen LogP contribution is 2.40. The molecule has 0 unspecified atom stereocenters. The topological polar surface area (TPSA) is 67.7 Å². The van der Waals surface area contributed by atoms with Crippen LogP contribution < -0.4 is 14.5 Å². The van der Waals surface area contributed by atoms with E-state index in [2.05, 4.69) is 5.10 Å². The predicted molar refractivity (Wildman–Crippen MR) is 118 cm³/mol. The first kappa shape index (κ1) is 19.4. The molecule has 3 aromatic rings. The molecule has 0 saturated heterocycles. The lowest BCUT2D eigenvalue weighted by Gasteiger charge is -2.40. The van der Waals surface area contributed by atoms with E-state index < -0.39 is 6.09 Å². The molecular weight excluding hydrogens is 392 g/mol. The zero-order valence-corrected chi connectivity index (χ0v) is 17.6. The lowest BCUT2D eigenvalue weighted by atomic mass is 10.0. The molecule has 31 heavy (non-hydrogen) atoms. The molecule has 0 spiro atoms. The highest BCUT2D eigenvalue weighted by Gasteiger charge is 2.35. The van der Waals surface area contributed by atoms with E-state index in [4.69, 9.17) is 4.74 Å². The molecule has 1 aromatic heterocycles.